The fraction of sp³-hybridized carbons (Fsp3) is 0.455. The second kappa shape index (κ2) is 4.33. The Morgan fingerprint density at radius 1 is 1.19 bits per heavy atom. The van der Waals surface area contributed by atoms with Gasteiger partial charge in [-0.15, -0.1) is 0 Å². The van der Waals surface area contributed by atoms with E-state index in [-0.39, 0.29) is 12.3 Å². The quantitative estimate of drug-likeness (QED) is 0.871. The summed E-state index contributed by atoms with van der Waals surface area (Å²) in [6, 6.07) is 5.10. The summed E-state index contributed by atoms with van der Waals surface area (Å²) in [7, 11) is 0. The molecule has 2 nitrogen and oxygen atoms in total. The van der Waals surface area contributed by atoms with Crippen LogP contribution in [-0.2, 0) is 6.18 Å². The molecule has 0 unspecified atom stereocenters. The normalized spacial score (nSPS) is 12.6. The van der Waals surface area contributed by atoms with Crippen molar-refractivity contribution in [1.29, 1.82) is 0 Å². The van der Waals surface area contributed by atoms with Gasteiger partial charge >= 0.3 is 6.18 Å². The van der Waals surface area contributed by atoms with Crippen LogP contribution in [0.25, 0.3) is 0 Å². The third kappa shape index (κ3) is 3.13. The first-order valence-electron chi connectivity index (χ1n) is 4.81. The molecule has 0 aliphatic rings. The minimum Gasteiger partial charge on any atom is -0.486 e. The van der Waals surface area contributed by atoms with Gasteiger partial charge < -0.3 is 10.5 Å². The molecule has 90 valence electrons. The lowest BCUT2D eigenvalue weighted by Gasteiger charge is -2.26. The zero-order valence-electron chi connectivity index (χ0n) is 9.14. The first-order valence-corrected chi connectivity index (χ1v) is 4.81. The summed E-state index contributed by atoms with van der Waals surface area (Å²) in [6.45, 7) is 3.42. The van der Waals surface area contributed by atoms with Gasteiger partial charge in [-0.2, -0.15) is 13.2 Å². The van der Waals surface area contributed by atoms with Crippen LogP contribution < -0.4 is 10.5 Å². The highest BCUT2D eigenvalue weighted by molar-refractivity contribution is 5.36. The average molecular weight is 233 g/mol. The number of hydrogen-bond acceptors (Lipinski definition) is 2. The highest BCUT2D eigenvalue weighted by atomic mass is 19.4. The van der Waals surface area contributed by atoms with E-state index >= 15 is 0 Å². The van der Waals surface area contributed by atoms with E-state index in [1.54, 1.807) is 13.8 Å². The maximum absolute atomic E-state index is 12.6. The highest BCUT2D eigenvalue weighted by Crippen LogP contribution is 2.37. The Kier molecular flexibility index (Phi) is 3.48. The van der Waals surface area contributed by atoms with Crippen molar-refractivity contribution in [2.45, 2.75) is 25.6 Å². The lowest BCUT2D eigenvalue weighted by Crippen LogP contribution is -2.37. The number of benzene rings is 1. The molecule has 0 amide bonds. The number of nitrogens with two attached hydrogens (primary N) is 1. The molecule has 16 heavy (non-hydrogen) atoms. The Labute approximate surface area is 92.2 Å². The van der Waals surface area contributed by atoms with Gasteiger partial charge in [0.15, 0.2) is 0 Å². The molecule has 0 fully saturated rings. The number of hydrogen-bond donors (Lipinski definition) is 1. The third-order valence-corrected chi connectivity index (χ3v) is 2.07. The molecule has 0 aliphatic heterocycles. The summed E-state index contributed by atoms with van der Waals surface area (Å²) in [4.78, 5) is 0. The highest BCUT2D eigenvalue weighted by Gasteiger charge is 2.35. The predicted octanol–water partition coefficient (Wildman–Crippen LogP) is 2.82. The Morgan fingerprint density at radius 2 is 1.75 bits per heavy atom. The van der Waals surface area contributed by atoms with Crippen molar-refractivity contribution in [3.63, 3.8) is 0 Å². The van der Waals surface area contributed by atoms with Crippen molar-refractivity contribution >= 4 is 0 Å². The van der Waals surface area contributed by atoms with Crippen molar-refractivity contribution in [2.24, 2.45) is 5.73 Å². The van der Waals surface area contributed by atoms with Gasteiger partial charge in [0.2, 0.25) is 0 Å². The summed E-state index contributed by atoms with van der Waals surface area (Å²) in [5.74, 6) is -0.189. The van der Waals surface area contributed by atoms with Gasteiger partial charge in [-0.05, 0) is 26.0 Å². The monoisotopic (exact) mass is 233 g/mol. The Bertz CT molecular complexity index is 360. The van der Waals surface area contributed by atoms with Crippen molar-refractivity contribution in [1.82, 2.24) is 0 Å². The van der Waals surface area contributed by atoms with Crippen LogP contribution >= 0.6 is 0 Å². The largest absolute Gasteiger partial charge is 0.486 e. The van der Waals surface area contributed by atoms with Crippen LogP contribution in [0.3, 0.4) is 0 Å². The minimum atomic E-state index is -4.42. The average Bonchev–Trinajstić information content (AvgIpc) is 2.16. The third-order valence-electron chi connectivity index (χ3n) is 2.07. The van der Waals surface area contributed by atoms with Gasteiger partial charge in [-0.25, -0.2) is 0 Å². The summed E-state index contributed by atoms with van der Waals surface area (Å²) < 4.78 is 43.1. The Balaban J connectivity index is 3.06. The summed E-state index contributed by atoms with van der Waals surface area (Å²) in [6.07, 6.45) is -4.42. The van der Waals surface area contributed by atoms with Crippen molar-refractivity contribution < 1.29 is 17.9 Å². The van der Waals surface area contributed by atoms with Gasteiger partial charge in [0.05, 0.1) is 5.56 Å². The summed E-state index contributed by atoms with van der Waals surface area (Å²) in [5.41, 5.74) is 3.81. The molecule has 0 aliphatic carbocycles. The van der Waals surface area contributed by atoms with Gasteiger partial charge in [0, 0.05) is 6.54 Å². The van der Waals surface area contributed by atoms with E-state index < -0.39 is 17.3 Å². The number of ether oxygens (including phenoxy) is 1. The molecule has 0 atom stereocenters. The van der Waals surface area contributed by atoms with Crippen LogP contribution in [0.15, 0.2) is 24.3 Å². The Hall–Kier alpha value is -1.23. The molecule has 0 spiro atoms. The maximum Gasteiger partial charge on any atom is 0.419 e. The molecule has 1 rings (SSSR count). The fourth-order valence-corrected chi connectivity index (χ4v) is 1.13. The van der Waals surface area contributed by atoms with Crippen LogP contribution in [0.1, 0.15) is 19.4 Å². The maximum atomic E-state index is 12.6. The second-order valence-corrected chi connectivity index (χ2v) is 4.06. The number of alkyl halides is 3. The second-order valence-electron chi connectivity index (χ2n) is 4.06. The summed E-state index contributed by atoms with van der Waals surface area (Å²) >= 11 is 0. The van der Waals surface area contributed by atoms with Crippen molar-refractivity contribution in [3.05, 3.63) is 29.8 Å². The van der Waals surface area contributed by atoms with E-state index in [1.807, 2.05) is 0 Å². The van der Waals surface area contributed by atoms with Crippen LogP contribution in [0.4, 0.5) is 13.2 Å². The number of halogens is 3. The van der Waals surface area contributed by atoms with E-state index in [9.17, 15) is 13.2 Å². The van der Waals surface area contributed by atoms with Crippen LogP contribution in [0.5, 0.6) is 5.75 Å². The SMILES string of the molecule is CC(C)(CN)Oc1ccccc1C(F)(F)F. The number of para-hydroxylation sites is 1. The van der Waals surface area contributed by atoms with E-state index in [4.69, 9.17) is 10.5 Å². The first-order chi connectivity index (χ1) is 7.26. The van der Waals surface area contributed by atoms with E-state index in [0.29, 0.717) is 0 Å². The molecule has 0 saturated heterocycles. The number of rotatable bonds is 3. The lowest BCUT2D eigenvalue weighted by atomic mass is 10.1. The zero-order valence-corrected chi connectivity index (χ0v) is 9.14. The molecule has 1 aromatic carbocycles. The molecule has 0 saturated carbocycles. The van der Waals surface area contributed by atoms with Crippen LogP contribution in [0, 0.1) is 0 Å². The van der Waals surface area contributed by atoms with Crippen molar-refractivity contribution in [2.75, 3.05) is 6.54 Å². The molecular formula is C11H14F3NO. The molecular weight excluding hydrogens is 219 g/mol. The molecule has 0 heterocycles. The predicted molar refractivity (Wildman–Crippen MR) is 55.2 cm³/mol. The van der Waals surface area contributed by atoms with E-state index in [2.05, 4.69) is 0 Å². The molecule has 2 N–H and O–H groups in total. The van der Waals surface area contributed by atoms with Gasteiger partial charge in [0.1, 0.15) is 11.4 Å². The molecule has 0 aromatic heterocycles. The molecule has 0 radical (unpaired) electrons. The standard InChI is InChI=1S/C11H14F3NO/c1-10(2,7-15)16-9-6-4-3-5-8(9)11(12,13)14/h3-6H,7,15H2,1-2H3. The van der Waals surface area contributed by atoms with E-state index in [0.717, 1.165) is 6.07 Å². The van der Waals surface area contributed by atoms with Gasteiger partial charge in [0.25, 0.3) is 0 Å². The van der Waals surface area contributed by atoms with Crippen molar-refractivity contribution in [3.8, 4) is 5.75 Å². The van der Waals surface area contributed by atoms with Gasteiger partial charge in [-0.3, -0.25) is 0 Å². The Morgan fingerprint density at radius 3 is 2.25 bits per heavy atom. The smallest absolute Gasteiger partial charge is 0.419 e. The zero-order chi connectivity index (χ0) is 12.4. The lowest BCUT2D eigenvalue weighted by molar-refractivity contribution is -0.139. The topological polar surface area (TPSA) is 35.2 Å². The summed E-state index contributed by atoms with van der Waals surface area (Å²) in [5, 5.41) is 0. The van der Waals surface area contributed by atoms with Crippen LogP contribution in [0.2, 0.25) is 0 Å². The van der Waals surface area contributed by atoms with Gasteiger partial charge in [-0.1, -0.05) is 12.1 Å². The fourth-order valence-electron chi connectivity index (χ4n) is 1.13. The van der Waals surface area contributed by atoms with E-state index in [1.165, 1.54) is 18.2 Å². The molecule has 5 heteroatoms. The van der Waals surface area contributed by atoms with Crippen LogP contribution in [-0.4, -0.2) is 12.1 Å². The first kappa shape index (κ1) is 12.8. The molecule has 1 aromatic rings. The minimum absolute atomic E-state index is 0.138. The molecule has 0 bridgehead atoms.